The van der Waals surface area contributed by atoms with Gasteiger partial charge in [0, 0.05) is 43.1 Å². The van der Waals surface area contributed by atoms with Gasteiger partial charge in [-0.1, -0.05) is 61.2 Å². The van der Waals surface area contributed by atoms with Crippen LogP contribution in [0.1, 0.15) is 30.9 Å². The van der Waals surface area contributed by atoms with Crippen LogP contribution in [-0.2, 0) is 14.4 Å². The molecule has 9 nitrogen and oxygen atoms in total. The fourth-order valence-corrected chi connectivity index (χ4v) is 6.58. The van der Waals surface area contributed by atoms with Crippen molar-refractivity contribution >= 4 is 57.5 Å². The van der Waals surface area contributed by atoms with Crippen molar-refractivity contribution in [3.8, 4) is 0 Å². The average Bonchev–Trinajstić information content (AvgIpc) is 3.36. The molecule has 3 aromatic carbocycles. The third-order valence-electron chi connectivity index (χ3n) is 7.87. The number of fused-ring (bicyclic) bond motifs is 3. The van der Waals surface area contributed by atoms with Gasteiger partial charge >= 0.3 is 0 Å². The number of carbonyl (C=O) groups excluding carboxylic acids is 3. The maximum Gasteiger partial charge on any atom is 0.259 e. The first-order chi connectivity index (χ1) is 20.9. The third kappa shape index (κ3) is 6.06. The molecule has 1 saturated heterocycles. The van der Waals surface area contributed by atoms with Gasteiger partial charge in [0.2, 0.25) is 11.8 Å². The molecule has 10 heteroatoms. The maximum atomic E-state index is 13.8. The predicted octanol–water partition coefficient (Wildman–Crippen LogP) is 4.84. The summed E-state index contributed by atoms with van der Waals surface area (Å²) in [7, 11) is 0. The Morgan fingerprint density at radius 3 is 2.47 bits per heavy atom. The van der Waals surface area contributed by atoms with Crippen LogP contribution in [0.3, 0.4) is 0 Å². The topological polar surface area (TPSA) is 97.7 Å². The Bertz CT molecular complexity index is 1600. The molecular weight excluding hydrogens is 560 g/mol. The van der Waals surface area contributed by atoms with E-state index in [1.807, 2.05) is 85.5 Å². The third-order valence-corrected chi connectivity index (χ3v) is 9.18. The molecule has 3 heterocycles. The molecule has 0 radical (unpaired) electrons. The van der Waals surface area contributed by atoms with Gasteiger partial charge in [0.25, 0.3) is 5.91 Å². The Kier molecular flexibility index (Phi) is 8.29. The Balaban J connectivity index is 1.17. The molecule has 1 fully saturated rings. The normalized spacial score (nSPS) is 18.4. The van der Waals surface area contributed by atoms with E-state index in [-0.39, 0.29) is 24.1 Å². The van der Waals surface area contributed by atoms with Gasteiger partial charge in [0.1, 0.15) is 11.9 Å². The first-order valence-corrected chi connectivity index (χ1v) is 15.5. The van der Waals surface area contributed by atoms with Crippen LogP contribution in [0.4, 0.5) is 17.1 Å². The number of aliphatic imine (C=N–C) groups is 2. The van der Waals surface area contributed by atoms with Crippen molar-refractivity contribution in [1.82, 2.24) is 9.80 Å². The Morgan fingerprint density at radius 2 is 1.72 bits per heavy atom. The van der Waals surface area contributed by atoms with E-state index in [0.29, 0.717) is 36.2 Å². The summed E-state index contributed by atoms with van der Waals surface area (Å²) in [6.07, 6.45) is 0.531. The van der Waals surface area contributed by atoms with Crippen LogP contribution in [0, 0.1) is 6.92 Å². The van der Waals surface area contributed by atoms with Gasteiger partial charge in [0.05, 0.1) is 17.4 Å². The Morgan fingerprint density at radius 1 is 0.977 bits per heavy atom. The van der Waals surface area contributed by atoms with E-state index < -0.39 is 11.3 Å². The monoisotopic (exact) mass is 594 g/mol. The van der Waals surface area contributed by atoms with Crippen LogP contribution in [0.5, 0.6) is 0 Å². The number of para-hydroxylation sites is 2. The fourth-order valence-electron chi connectivity index (χ4n) is 5.56. The highest BCUT2D eigenvalue weighted by molar-refractivity contribution is 8.15. The molecule has 3 aliphatic heterocycles. The molecule has 2 atom stereocenters. The molecule has 3 aliphatic rings. The zero-order valence-corrected chi connectivity index (χ0v) is 25.1. The van der Waals surface area contributed by atoms with Crippen molar-refractivity contribution in [3.63, 3.8) is 0 Å². The van der Waals surface area contributed by atoms with E-state index in [1.54, 1.807) is 0 Å². The maximum absolute atomic E-state index is 13.8. The van der Waals surface area contributed by atoms with Crippen LogP contribution in [0.15, 0.2) is 88.8 Å². The Hall–Kier alpha value is -4.44. The molecule has 1 N–H and O–H groups in total. The van der Waals surface area contributed by atoms with E-state index in [4.69, 9.17) is 9.98 Å². The van der Waals surface area contributed by atoms with Gasteiger partial charge in [-0.05, 0) is 55.3 Å². The summed E-state index contributed by atoms with van der Waals surface area (Å²) in [6.45, 7) is 6.56. The number of nitrogens with zero attached hydrogens (tertiary/aromatic N) is 5. The predicted molar refractivity (Wildman–Crippen MR) is 172 cm³/mol. The summed E-state index contributed by atoms with van der Waals surface area (Å²) in [5.41, 5.74) is 4.34. The number of benzene rings is 3. The number of aryl methyl sites for hydroxylation is 1. The molecule has 0 aliphatic carbocycles. The Labute approximate surface area is 255 Å². The van der Waals surface area contributed by atoms with E-state index in [1.165, 1.54) is 16.7 Å². The highest BCUT2D eigenvalue weighted by Gasteiger charge is 2.43. The zero-order valence-electron chi connectivity index (χ0n) is 24.3. The molecule has 0 aromatic heterocycles. The first-order valence-electron chi connectivity index (χ1n) is 14.6. The summed E-state index contributed by atoms with van der Waals surface area (Å²) < 4.78 is 0. The van der Waals surface area contributed by atoms with Crippen molar-refractivity contribution in [2.24, 2.45) is 9.98 Å². The van der Waals surface area contributed by atoms with Crippen LogP contribution in [-0.4, -0.2) is 76.0 Å². The number of amidine groups is 2. The minimum Gasteiger partial charge on any atom is -0.368 e. The number of rotatable bonds is 7. The van der Waals surface area contributed by atoms with E-state index in [2.05, 4.69) is 22.3 Å². The summed E-state index contributed by atoms with van der Waals surface area (Å²) in [4.78, 5) is 55.6. The van der Waals surface area contributed by atoms with Crippen LogP contribution in [0.2, 0.25) is 0 Å². The summed E-state index contributed by atoms with van der Waals surface area (Å²) in [5, 5.41) is 2.91. The highest BCUT2D eigenvalue weighted by atomic mass is 32.2. The average molecular weight is 595 g/mol. The lowest BCUT2D eigenvalue weighted by Gasteiger charge is -2.36. The number of hydrogen-bond acceptors (Lipinski definition) is 7. The molecule has 0 bridgehead atoms. The molecule has 0 unspecified atom stereocenters. The number of nitrogens with one attached hydrogen (secondary N) is 1. The standard InChI is InChI=1S/C33H34N6O3S/c1-3-28(31(41)34-23-11-9-10-22(2)20-23)43-33-36-26-15-8-7-14-25(26)30-35-27(32(42)39(30)33)21-29(40)38-18-16-37(17-19-38)24-12-5-4-6-13-24/h4-15,20,27-28H,3,16-19,21H2,1-2H3,(H,34,41)/t27-,28-/m0/s1. The molecule has 0 saturated carbocycles. The van der Waals surface area contributed by atoms with Gasteiger partial charge in [-0.25, -0.2) is 9.89 Å². The van der Waals surface area contributed by atoms with Gasteiger partial charge < -0.3 is 15.1 Å². The van der Waals surface area contributed by atoms with E-state index >= 15 is 0 Å². The molecule has 43 heavy (non-hydrogen) atoms. The van der Waals surface area contributed by atoms with E-state index in [9.17, 15) is 14.4 Å². The summed E-state index contributed by atoms with van der Waals surface area (Å²) in [6, 6.07) is 24.5. The fraction of sp³-hybridized carbons (Fsp3) is 0.303. The second-order valence-electron chi connectivity index (χ2n) is 10.8. The number of carbonyl (C=O) groups is 3. The van der Waals surface area contributed by atoms with Crippen LogP contribution in [0.25, 0.3) is 0 Å². The summed E-state index contributed by atoms with van der Waals surface area (Å²) in [5.74, 6) is -0.0514. The minimum atomic E-state index is -0.840. The molecule has 220 valence electrons. The number of hydrogen-bond donors (Lipinski definition) is 1. The van der Waals surface area contributed by atoms with Crippen molar-refractivity contribution in [2.45, 2.75) is 38.0 Å². The second kappa shape index (κ2) is 12.4. The lowest BCUT2D eigenvalue weighted by Crippen LogP contribution is -2.50. The lowest BCUT2D eigenvalue weighted by molar-refractivity contribution is -0.135. The van der Waals surface area contributed by atoms with Gasteiger partial charge in [-0.3, -0.25) is 19.4 Å². The molecule has 3 aromatic rings. The number of amides is 3. The number of piperazine rings is 1. The first kappa shape index (κ1) is 28.7. The SMILES string of the molecule is CC[C@H](SC1=Nc2ccccc2C2=N[C@@H](CC(=O)N3CCN(c4ccccc4)CC3)C(=O)N12)C(=O)Nc1cccc(C)c1. The van der Waals surface area contributed by atoms with Crippen molar-refractivity contribution < 1.29 is 14.4 Å². The summed E-state index contributed by atoms with van der Waals surface area (Å²) >= 11 is 1.25. The largest absolute Gasteiger partial charge is 0.368 e. The second-order valence-corrected chi connectivity index (χ2v) is 12.0. The van der Waals surface area contributed by atoms with Gasteiger partial charge in [-0.15, -0.1) is 0 Å². The van der Waals surface area contributed by atoms with Gasteiger partial charge in [0.15, 0.2) is 5.17 Å². The zero-order chi connectivity index (χ0) is 29.9. The van der Waals surface area contributed by atoms with Crippen LogP contribution < -0.4 is 10.2 Å². The lowest BCUT2D eigenvalue weighted by atomic mass is 10.1. The van der Waals surface area contributed by atoms with Crippen molar-refractivity contribution in [2.75, 3.05) is 36.4 Å². The smallest absolute Gasteiger partial charge is 0.259 e. The van der Waals surface area contributed by atoms with Crippen molar-refractivity contribution in [1.29, 1.82) is 0 Å². The molecule has 3 amide bonds. The number of thioether (sulfide) groups is 1. The number of anilines is 2. The van der Waals surface area contributed by atoms with E-state index in [0.717, 1.165) is 35.6 Å². The van der Waals surface area contributed by atoms with Gasteiger partial charge in [-0.2, -0.15) is 0 Å². The molecule has 6 rings (SSSR count). The molecular formula is C33H34N6O3S. The highest BCUT2D eigenvalue weighted by Crippen LogP contribution is 2.36. The molecule has 0 spiro atoms. The minimum absolute atomic E-state index is 0.00463. The quantitative estimate of drug-likeness (QED) is 0.422. The van der Waals surface area contributed by atoms with Crippen molar-refractivity contribution in [3.05, 3.63) is 90.0 Å². The van der Waals surface area contributed by atoms with Crippen LogP contribution >= 0.6 is 11.8 Å².